The van der Waals surface area contributed by atoms with Crippen LogP contribution in [-0.4, -0.2) is 41.3 Å². The standard InChI is InChI=1S/C16H17NO4/c1-21-15(20)16-9-7-12(13(18)8-10-16)17(16)14(19)11-5-3-2-4-6-11/h2-6,12H,7-10H2,1H3/t12-,16+/m1/s1. The van der Waals surface area contributed by atoms with Crippen LogP contribution in [-0.2, 0) is 14.3 Å². The number of carbonyl (C=O) groups excluding carboxylic acids is 3. The van der Waals surface area contributed by atoms with Crippen molar-refractivity contribution in [2.24, 2.45) is 0 Å². The Hall–Kier alpha value is -2.17. The summed E-state index contributed by atoms with van der Waals surface area (Å²) in [6, 6.07) is 8.27. The van der Waals surface area contributed by atoms with E-state index in [1.165, 1.54) is 12.0 Å². The van der Waals surface area contributed by atoms with E-state index in [4.69, 9.17) is 4.74 Å². The molecule has 5 heteroatoms. The molecule has 2 fully saturated rings. The summed E-state index contributed by atoms with van der Waals surface area (Å²) in [6.07, 6.45) is 1.72. The van der Waals surface area contributed by atoms with Crippen molar-refractivity contribution in [2.45, 2.75) is 37.3 Å². The van der Waals surface area contributed by atoms with Crippen LogP contribution in [0, 0.1) is 0 Å². The third kappa shape index (κ3) is 1.95. The van der Waals surface area contributed by atoms with Crippen molar-refractivity contribution in [3.8, 4) is 0 Å². The van der Waals surface area contributed by atoms with E-state index in [1.807, 2.05) is 6.07 Å². The number of piperidine rings is 1. The molecule has 0 unspecified atom stereocenters. The highest BCUT2D eigenvalue weighted by Crippen LogP contribution is 2.44. The van der Waals surface area contributed by atoms with Gasteiger partial charge in [0.25, 0.3) is 5.91 Å². The first kappa shape index (κ1) is 13.8. The lowest BCUT2D eigenvalue weighted by molar-refractivity contribution is -0.156. The monoisotopic (exact) mass is 287 g/mol. The van der Waals surface area contributed by atoms with Crippen LogP contribution in [0.15, 0.2) is 30.3 Å². The second-order valence-electron chi connectivity index (χ2n) is 5.59. The predicted octanol–water partition coefficient (Wildman–Crippen LogP) is 1.57. The smallest absolute Gasteiger partial charge is 0.331 e. The molecule has 1 aromatic rings. The summed E-state index contributed by atoms with van der Waals surface area (Å²) >= 11 is 0. The van der Waals surface area contributed by atoms with Gasteiger partial charge in [0.2, 0.25) is 0 Å². The Kier molecular flexibility index (Phi) is 3.27. The van der Waals surface area contributed by atoms with E-state index in [0.717, 1.165) is 0 Å². The molecule has 2 bridgehead atoms. The molecule has 21 heavy (non-hydrogen) atoms. The Morgan fingerprint density at radius 3 is 2.62 bits per heavy atom. The van der Waals surface area contributed by atoms with Crippen LogP contribution >= 0.6 is 0 Å². The summed E-state index contributed by atoms with van der Waals surface area (Å²) in [7, 11) is 1.33. The second-order valence-corrected chi connectivity index (χ2v) is 5.59. The maximum absolute atomic E-state index is 12.8. The third-order valence-corrected chi connectivity index (χ3v) is 4.57. The van der Waals surface area contributed by atoms with Gasteiger partial charge in [-0.05, 0) is 31.4 Å². The highest BCUT2D eigenvalue weighted by Gasteiger charge is 2.59. The number of methoxy groups -OCH3 is 1. The fourth-order valence-electron chi connectivity index (χ4n) is 3.52. The van der Waals surface area contributed by atoms with E-state index < -0.39 is 17.6 Å². The number of ether oxygens (including phenoxy) is 1. The van der Waals surface area contributed by atoms with Crippen LogP contribution in [0.4, 0.5) is 0 Å². The quantitative estimate of drug-likeness (QED) is 0.774. The van der Waals surface area contributed by atoms with E-state index in [-0.39, 0.29) is 11.7 Å². The van der Waals surface area contributed by atoms with Crippen LogP contribution in [0.3, 0.4) is 0 Å². The lowest BCUT2D eigenvalue weighted by Crippen LogP contribution is -2.60. The number of amides is 1. The lowest BCUT2D eigenvalue weighted by Gasteiger charge is -2.41. The van der Waals surface area contributed by atoms with Crippen molar-refractivity contribution in [3.05, 3.63) is 35.9 Å². The summed E-state index contributed by atoms with van der Waals surface area (Å²) < 4.78 is 4.92. The second kappa shape index (κ2) is 4.98. The summed E-state index contributed by atoms with van der Waals surface area (Å²) in [5, 5.41) is 0. The number of benzene rings is 1. The molecule has 0 aliphatic carbocycles. The largest absolute Gasteiger partial charge is 0.467 e. The minimum Gasteiger partial charge on any atom is -0.467 e. The van der Waals surface area contributed by atoms with Crippen molar-refractivity contribution in [1.29, 1.82) is 0 Å². The Balaban J connectivity index is 2.03. The van der Waals surface area contributed by atoms with Gasteiger partial charge in [-0.2, -0.15) is 0 Å². The average Bonchev–Trinajstić information content (AvgIpc) is 2.84. The normalized spacial score (nSPS) is 27.6. The van der Waals surface area contributed by atoms with E-state index in [1.54, 1.807) is 24.3 Å². The molecule has 1 aromatic carbocycles. The molecule has 0 N–H and O–H groups in total. The van der Waals surface area contributed by atoms with E-state index in [2.05, 4.69) is 0 Å². The summed E-state index contributed by atoms with van der Waals surface area (Å²) in [5.41, 5.74) is -0.479. The number of carbonyl (C=O) groups is 3. The summed E-state index contributed by atoms with van der Waals surface area (Å²) in [5.74, 6) is -0.644. The molecule has 2 heterocycles. The number of ketones is 1. The Morgan fingerprint density at radius 1 is 1.24 bits per heavy atom. The molecule has 3 rings (SSSR count). The third-order valence-electron chi connectivity index (χ3n) is 4.57. The van der Waals surface area contributed by atoms with Gasteiger partial charge in [-0.25, -0.2) is 4.79 Å². The molecule has 0 radical (unpaired) electrons. The SMILES string of the molecule is COC(=O)[C@@]12CCC(=O)[C@@H](CC1)N2C(=O)c1ccccc1. The van der Waals surface area contributed by atoms with Crippen molar-refractivity contribution in [3.63, 3.8) is 0 Å². The number of esters is 1. The molecule has 110 valence electrons. The first-order valence-corrected chi connectivity index (χ1v) is 7.10. The molecule has 2 saturated heterocycles. The molecule has 2 atom stereocenters. The van der Waals surface area contributed by atoms with Gasteiger partial charge in [-0.15, -0.1) is 0 Å². The van der Waals surface area contributed by atoms with Gasteiger partial charge in [-0.1, -0.05) is 18.2 Å². The Morgan fingerprint density at radius 2 is 1.95 bits per heavy atom. The zero-order valence-corrected chi connectivity index (χ0v) is 11.9. The minimum atomic E-state index is -0.972. The van der Waals surface area contributed by atoms with Gasteiger partial charge in [-0.3, -0.25) is 9.59 Å². The maximum Gasteiger partial charge on any atom is 0.331 e. The van der Waals surface area contributed by atoms with Gasteiger partial charge >= 0.3 is 5.97 Å². The van der Waals surface area contributed by atoms with E-state index >= 15 is 0 Å². The molecule has 0 saturated carbocycles. The highest BCUT2D eigenvalue weighted by molar-refractivity contribution is 6.03. The van der Waals surface area contributed by atoms with Crippen molar-refractivity contribution < 1.29 is 19.1 Å². The Bertz CT molecular complexity index is 598. The number of nitrogens with zero attached hydrogens (tertiary/aromatic N) is 1. The van der Waals surface area contributed by atoms with Crippen LogP contribution in [0.2, 0.25) is 0 Å². The lowest BCUT2D eigenvalue weighted by atomic mass is 9.87. The molecular weight excluding hydrogens is 270 g/mol. The molecule has 0 spiro atoms. The fourth-order valence-corrected chi connectivity index (χ4v) is 3.52. The van der Waals surface area contributed by atoms with Gasteiger partial charge < -0.3 is 9.64 Å². The van der Waals surface area contributed by atoms with Gasteiger partial charge in [0, 0.05) is 12.0 Å². The number of Topliss-reactive ketones (excluding diaryl/α,β-unsaturated/α-hetero) is 1. The minimum absolute atomic E-state index is 0.0382. The fraction of sp³-hybridized carbons (Fsp3) is 0.438. The number of hydrogen-bond acceptors (Lipinski definition) is 4. The van der Waals surface area contributed by atoms with Crippen LogP contribution in [0.25, 0.3) is 0 Å². The molecule has 1 amide bonds. The Labute approximate surface area is 122 Å². The van der Waals surface area contributed by atoms with Crippen LogP contribution in [0.5, 0.6) is 0 Å². The number of hydrogen-bond donors (Lipinski definition) is 0. The first-order valence-electron chi connectivity index (χ1n) is 7.10. The van der Waals surface area contributed by atoms with Crippen LogP contribution < -0.4 is 0 Å². The molecule has 0 aromatic heterocycles. The predicted molar refractivity (Wildman–Crippen MR) is 74.6 cm³/mol. The van der Waals surface area contributed by atoms with Gasteiger partial charge in [0.1, 0.15) is 5.54 Å². The van der Waals surface area contributed by atoms with E-state index in [9.17, 15) is 14.4 Å². The molecule has 2 aliphatic rings. The zero-order chi connectivity index (χ0) is 15.0. The van der Waals surface area contributed by atoms with Crippen molar-refractivity contribution in [1.82, 2.24) is 4.90 Å². The number of rotatable bonds is 2. The van der Waals surface area contributed by atoms with Gasteiger partial charge in [0.05, 0.1) is 13.2 Å². The molecule has 5 nitrogen and oxygen atoms in total. The summed E-state index contributed by atoms with van der Waals surface area (Å²) in [4.78, 5) is 38.6. The zero-order valence-electron chi connectivity index (χ0n) is 11.9. The van der Waals surface area contributed by atoms with Crippen molar-refractivity contribution >= 4 is 17.7 Å². The van der Waals surface area contributed by atoms with Crippen LogP contribution in [0.1, 0.15) is 36.0 Å². The van der Waals surface area contributed by atoms with Gasteiger partial charge in [0.15, 0.2) is 5.78 Å². The number of fused-ring (bicyclic) bond motifs is 2. The maximum atomic E-state index is 12.8. The van der Waals surface area contributed by atoms with Crippen molar-refractivity contribution in [2.75, 3.05) is 7.11 Å². The topological polar surface area (TPSA) is 63.7 Å². The highest BCUT2D eigenvalue weighted by atomic mass is 16.5. The summed E-state index contributed by atoms with van der Waals surface area (Å²) in [6.45, 7) is 0. The first-order chi connectivity index (χ1) is 10.1. The average molecular weight is 287 g/mol. The molecular formula is C16H17NO4. The molecule has 2 aliphatic heterocycles. The van der Waals surface area contributed by atoms with E-state index in [0.29, 0.717) is 31.2 Å².